The third-order valence-electron chi connectivity index (χ3n) is 3.96. The molecule has 1 aromatic carbocycles. The normalized spacial score (nSPS) is 20.6. The Morgan fingerprint density at radius 1 is 1.41 bits per heavy atom. The summed E-state index contributed by atoms with van der Waals surface area (Å²) < 4.78 is 0. The zero-order valence-electron chi connectivity index (χ0n) is 12.1. The monoisotopic (exact) mass is 299 g/mol. The number of hydrogen-bond acceptors (Lipinski definition) is 3. The molecule has 7 nitrogen and oxygen atoms in total. The topological polar surface area (TPSA) is 98.2 Å². The molecule has 1 aromatic rings. The molecule has 3 rings (SSSR count). The molecule has 0 bridgehead atoms. The van der Waals surface area contributed by atoms with Crippen LogP contribution in [0.25, 0.3) is 10.4 Å². The van der Waals surface area contributed by atoms with Gasteiger partial charge in [-0.1, -0.05) is 17.2 Å². The summed E-state index contributed by atoms with van der Waals surface area (Å²) in [4.78, 5) is 28.9. The molecule has 0 aromatic heterocycles. The highest BCUT2D eigenvalue weighted by molar-refractivity contribution is 6.05. The van der Waals surface area contributed by atoms with Crippen molar-refractivity contribution in [3.8, 4) is 0 Å². The SMILES string of the molecule is [N-]=[N+]=NCC1CC(=O)N(c2ccccc2C(=O)NC2CC2)C1. The van der Waals surface area contributed by atoms with E-state index in [1.807, 2.05) is 6.07 Å². The van der Waals surface area contributed by atoms with Crippen LogP contribution < -0.4 is 10.2 Å². The molecule has 1 unspecified atom stereocenters. The van der Waals surface area contributed by atoms with Gasteiger partial charge in [-0.05, 0) is 36.4 Å². The maximum absolute atomic E-state index is 12.3. The molecule has 114 valence electrons. The van der Waals surface area contributed by atoms with E-state index in [9.17, 15) is 9.59 Å². The zero-order chi connectivity index (χ0) is 15.5. The van der Waals surface area contributed by atoms with Crippen LogP contribution in [0, 0.1) is 5.92 Å². The second-order valence-electron chi connectivity index (χ2n) is 5.75. The van der Waals surface area contributed by atoms with E-state index in [-0.39, 0.29) is 23.8 Å². The van der Waals surface area contributed by atoms with E-state index in [1.54, 1.807) is 23.1 Å². The lowest BCUT2D eigenvalue weighted by atomic mass is 10.1. The number of hydrogen-bond donors (Lipinski definition) is 1. The van der Waals surface area contributed by atoms with Crippen LogP contribution in [-0.4, -0.2) is 30.9 Å². The smallest absolute Gasteiger partial charge is 0.253 e. The maximum atomic E-state index is 12.3. The first-order valence-corrected chi connectivity index (χ1v) is 7.40. The Balaban J connectivity index is 1.80. The van der Waals surface area contributed by atoms with E-state index < -0.39 is 0 Å². The predicted octanol–water partition coefficient (Wildman–Crippen LogP) is 2.24. The second-order valence-corrected chi connectivity index (χ2v) is 5.75. The summed E-state index contributed by atoms with van der Waals surface area (Å²) >= 11 is 0. The van der Waals surface area contributed by atoms with Gasteiger partial charge in [-0.25, -0.2) is 0 Å². The van der Waals surface area contributed by atoms with Crippen molar-refractivity contribution in [1.82, 2.24) is 5.32 Å². The Kier molecular flexibility index (Phi) is 3.98. The number of anilines is 1. The fourth-order valence-corrected chi connectivity index (χ4v) is 2.68. The highest BCUT2D eigenvalue weighted by atomic mass is 16.2. The third kappa shape index (κ3) is 3.04. The fourth-order valence-electron chi connectivity index (χ4n) is 2.68. The van der Waals surface area contributed by atoms with Crippen molar-refractivity contribution >= 4 is 17.5 Å². The number of carbonyl (C=O) groups is 2. The predicted molar refractivity (Wildman–Crippen MR) is 81.4 cm³/mol. The largest absolute Gasteiger partial charge is 0.349 e. The van der Waals surface area contributed by atoms with Crippen LogP contribution in [0.1, 0.15) is 29.6 Å². The van der Waals surface area contributed by atoms with Gasteiger partial charge in [-0.2, -0.15) is 0 Å². The Bertz CT molecular complexity index is 649. The molecule has 1 aliphatic heterocycles. The molecule has 1 heterocycles. The van der Waals surface area contributed by atoms with Crippen molar-refractivity contribution in [2.75, 3.05) is 18.0 Å². The van der Waals surface area contributed by atoms with Gasteiger partial charge in [-0.3, -0.25) is 9.59 Å². The summed E-state index contributed by atoms with van der Waals surface area (Å²) in [7, 11) is 0. The van der Waals surface area contributed by atoms with Gasteiger partial charge >= 0.3 is 0 Å². The number of azide groups is 1. The lowest BCUT2D eigenvalue weighted by Crippen LogP contribution is -2.31. The van der Waals surface area contributed by atoms with Crippen molar-refractivity contribution < 1.29 is 9.59 Å². The first-order valence-electron chi connectivity index (χ1n) is 7.40. The summed E-state index contributed by atoms with van der Waals surface area (Å²) in [5, 5.41) is 6.49. The van der Waals surface area contributed by atoms with E-state index in [4.69, 9.17) is 5.53 Å². The molecule has 1 saturated heterocycles. The molecule has 1 atom stereocenters. The quantitative estimate of drug-likeness (QED) is 0.512. The molecule has 0 radical (unpaired) electrons. The molecular formula is C15H17N5O2. The number of rotatable bonds is 5. The molecular weight excluding hydrogens is 282 g/mol. The van der Waals surface area contributed by atoms with Gasteiger partial charge in [0, 0.05) is 30.5 Å². The highest BCUT2D eigenvalue weighted by Gasteiger charge is 2.33. The number of amides is 2. The Morgan fingerprint density at radius 2 is 2.18 bits per heavy atom. The Morgan fingerprint density at radius 3 is 2.91 bits per heavy atom. The Labute approximate surface area is 127 Å². The number of carbonyl (C=O) groups excluding carboxylic acids is 2. The van der Waals surface area contributed by atoms with Crippen LogP contribution in [0.15, 0.2) is 29.4 Å². The maximum Gasteiger partial charge on any atom is 0.253 e. The molecule has 1 saturated carbocycles. The van der Waals surface area contributed by atoms with Gasteiger partial charge in [0.25, 0.3) is 5.91 Å². The minimum Gasteiger partial charge on any atom is -0.349 e. The summed E-state index contributed by atoms with van der Waals surface area (Å²) in [5.41, 5.74) is 9.54. The summed E-state index contributed by atoms with van der Waals surface area (Å²) in [6.07, 6.45) is 2.38. The zero-order valence-corrected chi connectivity index (χ0v) is 12.1. The van der Waals surface area contributed by atoms with Crippen LogP contribution in [0.2, 0.25) is 0 Å². The van der Waals surface area contributed by atoms with Crippen LogP contribution in [0.3, 0.4) is 0 Å². The molecule has 2 aliphatic rings. The summed E-state index contributed by atoms with van der Waals surface area (Å²) in [6, 6.07) is 7.41. The number of nitrogens with one attached hydrogen (secondary N) is 1. The minimum atomic E-state index is -0.135. The summed E-state index contributed by atoms with van der Waals surface area (Å²) in [5.74, 6) is -0.169. The molecule has 0 spiro atoms. The molecule has 2 amide bonds. The van der Waals surface area contributed by atoms with Gasteiger partial charge in [0.2, 0.25) is 5.91 Å². The lowest BCUT2D eigenvalue weighted by molar-refractivity contribution is -0.117. The van der Waals surface area contributed by atoms with Crippen LogP contribution in [0.4, 0.5) is 5.69 Å². The molecule has 1 aliphatic carbocycles. The van der Waals surface area contributed by atoms with Crippen LogP contribution in [0.5, 0.6) is 0 Å². The van der Waals surface area contributed by atoms with Crippen molar-refractivity contribution in [2.24, 2.45) is 11.0 Å². The average molecular weight is 299 g/mol. The number of nitrogens with zero attached hydrogens (tertiary/aromatic N) is 4. The van der Waals surface area contributed by atoms with E-state index in [0.717, 1.165) is 12.8 Å². The second kappa shape index (κ2) is 6.07. The van der Waals surface area contributed by atoms with E-state index in [2.05, 4.69) is 15.3 Å². The van der Waals surface area contributed by atoms with Gasteiger partial charge < -0.3 is 10.2 Å². The number of para-hydroxylation sites is 1. The first-order chi connectivity index (χ1) is 10.7. The van der Waals surface area contributed by atoms with Gasteiger partial charge in [0.15, 0.2) is 0 Å². The van der Waals surface area contributed by atoms with Gasteiger partial charge in [0.05, 0.1) is 11.3 Å². The highest BCUT2D eigenvalue weighted by Crippen LogP contribution is 2.29. The molecule has 1 N–H and O–H groups in total. The molecule has 22 heavy (non-hydrogen) atoms. The Hall–Kier alpha value is -2.53. The van der Waals surface area contributed by atoms with Crippen molar-refractivity contribution in [1.29, 1.82) is 0 Å². The van der Waals surface area contributed by atoms with E-state index in [0.29, 0.717) is 30.8 Å². The minimum absolute atomic E-state index is 0.00273. The molecule has 2 fully saturated rings. The van der Waals surface area contributed by atoms with Crippen LogP contribution >= 0.6 is 0 Å². The average Bonchev–Trinajstić information content (AvgIpc) is 3.26. The van der Waals surface area contributed by atoms with Gasteiger partial charge in [0.1, 0.15) is 0 Å². The summed E-state index contributed by atoms with van der Waals surface area (Å²) in [6.45, 7) is 0.779. The third-order valence-corrected chi connectivity index (χ3v) is 3.96. The fraction of sp³-hybridized carbons (Fsp3) is 0.467. The van der Waals surface area contributed by atoms with Gasteiger partial charge in [-0.15, -0.1) is 0 Å². The van der Waals surface area contributed by atoms with Crippen LogP contribution in [-0.2, 0) is 4.79 Å². The molecule has 7 heteroatoms. The van der Waals surface area contributed by atoms with E-state index in [1.165, 1.54) is 0 Å². The first kappa shape index (κ1) is 14.4. The van der Waals surface area contributed by atoms with Crippen molar-refractivity contribution in [2.45, 2.75) is 25.3 Å². The van der Waals surface area contributed by atoms with Crippen molar-refractivity contribution in [3.05, 3.63) is 40.3 Å². The number of benzene rings is 1. The van der Waals surface area contributed by atoms with E-state index >= 15 is 0 Å². The lowest BCUT2D eigenvalue weighted by Gasteiger charge is -2.20. The standard InChI is InChI=1S/C15H17N5O2/c16-19-17-8-10-7-14(21)20(9-10)13-4-2-1-3-12(13)15(22)18-11-5-6-11/h1-4,10-11H,5-9H2,(H,18,22). The van der Waals surface area contributed by atoms with Crippen molar-refractivity contribution in [3.63, 3.8) is 0 Å².